The Hall–Kier alpha value is -0.960. The van der Waals surface area contributed by atoms with Gasteiger partial charge in [-0.25, -0.2) is 4.39 Å². The first kappa shape index (κ1) is 9.59. The summed E-state index contributed by atoms with van der Waals surface area (Å²) in [6, 6.07) is 1.53. The third-order valence-electron chi connectivity index (χ3n) is 2.75. The molecule has 1 N–H and O–H groups in total. The van der Waals surface area contributed by atoms with E-state index in [2.05, 4.69) is 10.3 Å². The second kappa shape index (κ2) is 4.51. The topological polar surface area (TPSA) is 24.9 Å². The van der Waals surface area contributed by atoms with E-state index < -0.39 is 0 Å². The summed E-state index contributed by atoms with van der Waals surface area (Å²) in [5, 5.41) is 3.32. The van der Waals surface area contributed by atoms with Gasteiger partial charge in [0.25, 0.3) is 0 Å². The van der Waals surface area contributed by atoms with Crippen LogP contribution in [0.25, 0.3) is 0 Å². The molecule has 76 valence electrons. The summed E-state index contributed by atoms with van der Waals surface area (Å²) in [5.41, 5.74) is 0.921. The molecule has 2 rings (SSSR count). The van der Waals surface area contributed by atoms with E-state index >= 15 is 0 Å². The molecule has 1 aliphatic carbocycles. The van der Waals surface area contributed by atoms with Gasteiger partial charge in [0.2, 0.25) is 0 Å². The highest BCUT2D eigenvalue weighted by Crippen LogP contribution is 2.25. The van der Waals surface area contributed by atoms with E-state index in [0.717, 1.165) is 24.6 Å². The molecule has 0 spiro atoms. The molecule has 0 amide bonds. The van der Waals surface area contributed by atoms with Gasteiger partial charge in [0.05, 0.1) is 6.20 Å². The van der Waals surface area contributed by atoms with Gasteiger partial charge in [-0.3, -0.25) is 4.98 Å². The van der Waals surface area contributed by atoms with Crippen molar-refractivity contribution in [1.82, 2.24) is 10.3 Å². The van der Waals surface area contributed by atoms with Crippen LogP contribution in [0.3, 0.4) is 0 Å². The van der Waals surface area contributed by atoms with E-state index in [1.165, 1.54) is 31.5 Å². The van der Waals surface area contributed by atoms with Crippen LogP contribution in [0.15, 0.2) is 18.5 Å². The second-order valence-electron chi connectivity index (χ2n) is 3.94. The first-order valence-corrected chi connectivity index (χ1v) is 5.15. The van der Waals surface area contributed by atoms with E-state index in [4.69, 9.17) is 0 Å². The summed E-state index contributed by atoms with van der Waals surface area (Å²) in [5.74, 6) is 0.587. The zero-order valence-electron chi connectivity index (χ0n) is 8.17. The minimum absolute atomic E-state index is 0.257. The molecule has 1 aromatic rings. The van der Waals surface area contributed by atoms with Gasteiger partial charge in [0.15, 0.2) is 0 Å². The third-order valence-corrected chi connectivity index (χ3v) is 2.75. The fraction of sp³-hybridized carbons (Fsp3) is 0.545. The Kier molecular flexibility index (Phi) is 3.09. The number of nitrogens with one attached hydrogen (secondary N) is 1. The van der Waals surface area contributed by atoms with Gasteiger partial charge in [0, 0.05) is 12.7 Å². The van der Waals surface area contributed by atoms with E-state index in [9.17, 15) is 4.39 Å². The van der Waals surface area contributed by atoms with Gasteiger partial charge in [-0.1, -0.05) is 6.42 Å². The van der Waals surface area contributed by atoms with Crippen LogP contribution in [0.2, 0.25) is 0 Å². The van der Waals surface area contributed by atoms with Crippen LogP contribution in [0.4, 0.5) is 4.39 Å². The van der Waals surface area contributed by atoms with Crippen molar-refractivity contribution >= 4 is 0 Å². The summed E-state index contributed by atoms with van der Waals surface area (Å²) in [4.78, 5) is 3.80. The quantitative estimate of drug-likeness (QED) is 0.794. The number of rotatable bonds is 4. The molecule has 1 saturated carbocycles. The van der Waals surface area contributed by atoms with Crippen molar-refractivity contribution in [2.45, 2.75) is 25.8 Å². The summed E-state index contributed by atoms with van der Waals surface area (Å²) < 4.78 is 12.7. The lowest BCUT2D eigenvalue weighted by molar-refractivity contribution is 0.301. The van der Waals surface area contributed by atoms with E-state index in [0.29, 0.717) is 0 Å². The van der Waals surface area contributed by atoms with Crippen molar-refractivity contribution in [3.8, 4) is 0 Å². The highest BCUT2D eigenvalue weighted by atomic mass is 19.1. The van der Waals surface area contributed by atoms with Crippen LogP contribution in [0.1, 0.15) is 24.8 Å². The second-order valence-corrected chi connectivity index (χ2v) is 3.94. The van der Waals surface area contributed by atoms with Crippen LogP contribution in [-0.4, -0.2) is 11.5 Å². The fourth-order valence-electron chi connectivity index (χ4n) is 1.67. The highest BCUT2D eigenvalue weighted by molar-refractivity contribution is 5.09. The van der Waals surface area contributed by atoms with Crippen LogP contribution in [0, 0.1) is 11.7 Å². The number of hydrogen-bond acceptors (Lipinski definition) is 2. The lowest BCUT2D eigenvalue weighted by Crippen LogP contribution is -2.26. The van der Waals surface area contributed by atoms with Crippen molar-refractivity contribution in [2.24, 2.45) is 5.92 Å². The Morgan fingerprint density at radius 2 is 2.29 bits per heavy atom. The number of nitrogens with zero attached hydrogens (tertiary/aromatic N) is 1. The smallest absolute Gasteiger partial charge is 0.141 e. The Morgan fingerprint density at radius 3 is 2.93 bits per heavy atom. The van der Waals surface area contributed by atoms with Crippen LogP contribution >= 0.6 is 0 Å². The molecule has 3 heteroatoms. The van der Waals surface area contributed by atoms with Gasteiger partial charge in [-0.15, -0.1) is 0 Å². The summed E-state index contributed by atoms with van der Waals surface area (Å²) in [6.45, 7) is 1.78. The minimum atomic E-state index is -0.257. The van der Waals surface area contributed by atoms with Gasteiger partial charge < -0.3 is 5.32 Å². The zero-order valence-corrected chi connectivity index (χ0v) is 8.17. The Balaban J connectivity index is 1.74. The van der Waals surface area contributed by atoms with Crippen LogP contribution in [-0.2, 0) is 6.54 Å². The number of aromatic nitrogens is 1. The average molecular weight is 194 g/mol. The maximum absolute atomic E-state index is 12.7. The molecule has 0 saturated heterocycles. The summed E-state index contributed by atoms with van der Waals surface area (Å²) in [7, 11) is 0. The monoisotopic (exact) mass is 194 g/mol. The Labute approximate surface area is 83.6 Å². The molecule has 0 atom stereocenters. The van der Waals surface area contributed by atoms with E-state index in [-0.39, 0.29) is 5.82 Å². The Morgan fingerprint density at radius 1 is 1.43 bits per heavy atom. The lowest BCUT2D eigenvalue weighted by Gasteiger charge is -2.25. The third kappa shape index (κ3) is 2.51. The largest absolute Gasteiger partial charge is 0.312 e. The maximum Gasteiger partial charge on any atom is 0.141 e. The van der Waals surface area contributed by atoms with E-state index in [1.807, 2.05) is 0 Å². The zero-order chi connectivity index (χ0) is 9.80. The first-order valence-electron chi connectivity index (χ1n) is 5.15. The molecule has 0 radical (unpaired) electrons. The van der Waals surface area contributed by atoms with Gasteiger partial charge in [-0.2, -0.15) is 0 Å². The maximum atomic E-state index is 12.7. The Bertz CT molecular complexity index is 297. The van der Waals surface area contributed by atoms with Crippen molar-refractivity contribution in [3.63, 3.8) is 0 Å². The lowest BCUT2D eigenvalue weighted by atomic mass is 9.85. The van der Waals surface area contributed by atoms with Crippen LogP contribution < -0.4 is 5.32 Å². The summed E-state index contributed by atoms with van der Waals surface area (Å²) >= 11 is 0. The van der Waals surface area contributed by atoms with Crippen molar-refractivity contribution in [3.05, 3.63) is 29.8 Å². The first-order chi connectivity index (χ1) is 6.84. The molecule has 0 aliphatic heterocycles. The number of hydrogen-bond donors (Lipinski definition) is 1. The predicted octanol–water partition coefficient (Wildman–Crippen LogP) is 2.11. The molecule has 1 aromatic heterocycles. The van der Waals surface area contributed by atoms with Crippen LogP contribution in [0.5, 0.6) is 0 Å². The molecule has 0 unspecified atom stereocenters. The van der Waals surface area contributed by atoms with Gasteiger partial charge in [0.1, 0.15) is 5.82 Å². The molecule has 2 nitrogen and oxygen atoms in total. The molecule has 14 heavy (non-hydrogen) atoms. The molecule has 1 aliphatic rings. The normalized spacial score (nSPS) is 16.6. The average Bonchev–Trinajstić information content (AvgIpc) is 2.09. The molecule has 1 fully saturated rings. The van der Waals surface area contributed by atoms with Crippen molar-refractivity contribution < 1.29 is 4.39 Å². The molecule has 0 bridgehead atoms. The molecule has 0 aromatic carbocycles. The van der Waals surface area contributed by atoms with Gasteiger partial charge in [-0.05, 0) is 36.9 Å². The standard InChI is InChI=1S/C11H15FN2/c12-11-4-10(7-14-8-11)6-13-5-9-2-1-3-9/h4,7-9,13H,1-3,5-6H2. The SMILES string of the molecule is Fc1cncc(CNCC2CCC2)c1. The number of pyridine rings is 1. The summed E-state index contributed by atoms with van der Waals surface area (Å²) in [6.07, 6.45) is 6.99. The predicted molar refractivity (Wildman–Crippen MR) is 53.2 cm³/mol. The van der Waals surface area contributed by atoms with E-state index in [1.54, 1.807) is 6.20 Å². The molecular weight excluding hydrogens is 179 g/mol. The van der Waals surface area contributed by atoms with Crippen molar-refractivity contribution in [1.29, 1.82) is 0 Å². The highest BCUT2D eigenvalue weighted by Gasteiger charge is 2.16. The molecule has 1 heterocycles. The minimum Gasteiger partial charge on any atom is -0.312 e. The molecular formula is C11H15FN2. The van der Waals surface area contributed by atoms with Gasteiger partial charge >= 0.3 is 0 Å². The van der Waals surface area contributed by atoms with Crippen molar-refractivity contribution in [2.75, 3.05) is 6.54 Å². The number of halogens is 1. The fourth-order valence-corrected chi connectivity index (χ4v) is 1.67.